The van der Waals surface area contributed by atoms with Gasteiger partial charge in [0.2, 0.25) is 0 Å². The highest BCUT2D eigenvalue weighted by Crippen LogP contribution is 2.40. The summed E-state index contributed by atoms with van der Waals surface area (Å²) in [6, 6.07) is 7.06. The maximum atomic E-state index is 5.35. The molecule has 0 fully saturated rings. The van der Waals surface area contributed by atoms with Crippen molar-refractivity contribution in [3.8, 4) is 0 Å². The second-order valence-electron chi connectivity index (χ2n) is 5.74. The van der Waals surface area contributed by atoms with Gasteiger partial charge in [0.1, 0.15) is 5.76 Å². The number of thiophene rings is 2. The quantitative estimate of drug-likeness (QED) is 0.705. The summed E-state index contributed by atoms with van der Waals surface area (Å²) in [5, 5.41) is 8.50. The fourth-order valence-electron chi connectivity index (χ4n) is 3.25. The second-order valence-corrected chi connectivity index (χ2v) is 7.72. The molecule has 0 saturated heterocycles. The zero-order valence-corrected chi connectivity index (χ0v) is 14.3. The zero-order chi connectivity index (χ0) is 15.1. The average Bonchev–Trinajstić information content (AvgIpc) is 3.24. The van der Waals surface area contributed by atoms with Gasteiger partial charge in [-0.3, -0.25) is 4.90 Å². The van der Waals surface area contributed by atoms with Crippen LogP contribution in [-0.2, 0) is 13.0 Å². The summed E-state index contributed by atoms with van der Waals surface area (Å²) in [4.78, 5) is 5.52. The monoisotopic (exact) mass is 330 g/mol. The van der Waals surface area contributed by atoms with Gasteiger partial charge in [0.05, 0.1) is 11.7 Å². The van der Waals surface area contributed by atoms with E-state index >= 15 is 0 Å². The molecule has 0 radical (unpaired) electrons. The van der Waals surface area contributed by atoms with Crippen LogP contribution in [0, 0.1) is 13.8 Å². The van der Waals surface area contributed by atoms with Crippen molar-refractivity contribution in [2.45, 2.75) is 32.9 Å². The van der Waals surface area contributed by atoms with E-state index in [2.05, 4.69) is 39.0 Å². The number of nitrogens with zero attached hydrogens (tertiary/aromatic N) is 2. The first-order valence-electron chi connectivity index (χ1n) is 7.49. The van der Waals surface area contributed by atoms with Crippen molar-refractivity contribution < 1.29 is 4.52 Å². The first-order chi connectivity index (χ1) is 10.7. The van der Waals surface area contributed by atoms with Crippen LogP contribution in [0.3, 0.4) is 0 Å². The van der Waals surface area contributed by atoms with E-state index in [-0.39, 0.29) is 0 Å². The smallest absolute Gasteiger partial charge is 0.138 e. The van der Waals surface area contributed by atoms with E-state index in [1.54, 1.807) is 0 Å². The first-order valence-corrected chi connectivity index (χ1v) is 9.25. The van der Waals surface area contributed by atoms with E-state index in [0.717, 1.165) is 31.0 Å². The summed E-state index contributed by atoms with van der Waals surface area (Å²) in [6.07, 6.45) is 1.14. The van der Waals surface area contributed by atoms with Crippen molar-refractivity contribution in [1.29, 1.82) is 0 Å². The molecular formula is C17H18N2OS2. The fraction of sp³-hybridized carbons (Fsp3) is 0.353. The SMILES string of the molecule is Cc1noc(C)c1CN1CCc2sccc2C1c1cccs1. The van der Waals surface area contributed by atoms with Crippen molar-refractivity contribution >= 4 is 22.7 Å². The van der Waals surface area contributed by atoms with Gasteiger partial charge in [-0.25, -0.2) is 0 Å². The van der Waals surface area contributed by atoms with Gasteiger partial charge >= 0.3 is 0 Å². The predicted molar refractivity (Wildman–Crippen MR) is 90.6 cm³/mol. The van der Waals surface area contributed by atoms with Crippen LogP contribution in [0.25, 0.3) is 0 Å². The van der Waals surface area contributed by atoms with Gasteiger partial charge < -0.3 is 4.52 Å². The van der Waals surface area contributed by atoms with E-state index in [0.29, 0.717) is 6.04 Å². The average molecular weight is 330 g/mol. The number of rotatable bonds is 3. The first kappa shape index (κ1) is 14.2. The molecule has 114 valence electrons. The Morgan fingerprint density at radius 3 is 2.91 bits per heavy atom. The Kier molecular flexibility index (Phi) is 3.64. The van der Waals surface area contributed by atoms with Crippen LogP contribution in [0.2, 0.25) is 0 Å². The number of hydrogen-bond donors (Lipinski definition) is 0. The van der Waals surface area contributed by atoms with Crippen LogP contribution in [-0.4, -0.2) is 16.6 Å². The van der Waals surface area contributed by atoms with Gasteiger partial charge in [0, 0.05) is 28.4 Å². The zero-order valence-electron chi connectivity index (χ0n) is 12.7. The minimum atomic E-state index is 0.365. The van der Waals surface area contributed by atoms with Gasteiger partial charge in [-0.2, -0.15) is 0 Å². The molecule has 4 heterocycles. The molecule has 3 nitrogen and oxygen atoms in total. The van der Waals surface area contributed by atoms with Crippen LogP contribution >= 0.6 is 22.7 Å². The minimum absolute atomic E-state index is 0.365. The standard InChI is InChI=1S/C17H18N2OS2/c1-11-14(12(2)20-18-11)10-19-7-5-15-13(6-9-22-15)17(19)16-4-3-8-21-16/h3-4,6,8-9,17H,5,7,10H2,1-2H3. The summed E-state index contributed by atoms with van der Waals surface area (Å²) < 4.78 is 5.35. The minimum Gasteiger partial charge on any atom is -0.361 e. The summed E-state index contributed by atoms with van der Waals surface area (Å²) in [7, 11) is 0. The molecule has 0 aromatic carbocycles. The Morgan fingerprint density at radius 1 is 1.27 bits per heavy atom. The molecule has 1 aliphatic heterocycles. The second kappa shape index (κ2) is 5.65. The van der Waals surface area contributed by atoms with Crippen molar-refractivity contribution in [3.63, 3.8) is 0 Å². The van der Waals surface area contributed by atoms with E-state index in [4.69, 9.17) is 4.52 Å². The number of aryl methyl sites for hydroxylation is 2. The highest BCUT2D eigenvalue weighted by Gasteiger charge is 2.31. The maximum absolute atomic E-state index is 5.35. The lowest BCUT2D eigenvalue weighted by atomic mass is 9.97. The molecule has 4 rings (SSSR count). The third-order valence-electron chi connectivity index (χ3n) is 4.42. The van der Waals surface area contributed by atoms with E-state index in [9.17, 15) is 0 Å². The highest BCUT2D eigenvalue weighted by molar-refractivity contribution is 7.10. The molecule has 3 aromatic rings. The summed E-state index contributed by atoms with van der Waals surface area (Å²) in [6.45, 7) is 6.03. The Morgan fingerprint density at radius 2 is 2.18 bits per heavy atom. The lowest BCUT2D eigenvalue weighted by Gasteiger charge is -2.35. The molecule has 0 N–H and O–H groups in total. The van der Waals surface area contributed by atoms with E-state index in [1.165, 1.54) is 20.9 Å². The normalized spacial score (nSPS) is 18.5. The third kappa shape index (κ3) is 2.33. The van der Waals surface area contributed by atoms with Gasteiger partial charge in [-0.1, -0.05) is 11.2 Å². The van der Waals surface area contributed by atoms with E-state index < -0.39 is 0 Å². The van der Waals surface area contributed by atoms with Crippen LogP contribution in [0.4, 0.5) is 0 Å². The van der Waals surface area contributed by atoms with Crippen molar-refractivity contribution in [2.75, 3.05) is 6.54 Å². The van der Waals surface area contributed by atoms with Gasteiger partial charge in [-0.15, -0.1) is 22.7 Å². The molecule has 1 aliphatic rings. The summed E-state index contributed by atoms with van der Waals surface area (Å²) in [5.41, 5.74) is 3.73. The molecule has 5 heteroatoms. The molecular weight excluding hydrogens is 312 g/mol. The number of fused-ring (bicyclic) bond motifs is 1. The lowest BCUT2D eigenvalue weighted by molar-refractivity contribution is 0.207. The Bertz CT molecular complexity index is 753. The molecule has 0 saturated carbocycles. The van der Waals surface area contributed by atoms with Crippen LogP contribution in [0.1, 0.15) is 38.4 Å². The highest BCUT2D eigenvalue weighted by atomic mass is 32.1. The van der Waals surface area contributed by atoms with Crippen molar-refractivity contribution in [1.82, 2.24) is 10.1 Å². The van der Waals surface area contributed by atoms with Crippen LogP contribution in [0.5, 0.6) is 0 Å². The largest absolute Gasteiger partial charge is 0.361 e. The van der Waals surface area contributed by atoms with Crippen LogP contribution < -0.4 is 0 Å². The molecule has 0 bridgehead atoms. The predicted octanol–water partition coefficient (Wildman–Crippen LogP) is 4.56. The third-order valence-corrected chi connectivity index (χ3v) is 6.34. The van der Waals surface area contributed by atoms with Gasteiger partial charge in [0.15, 0.2) is 0 Å². The van der Waals surface area contributed by atoms with Gasteiger partial charge in [0.25, 0.3) is 0 Å². The molecule has 0 spiro atoms. The lowest BCUT2D eigenvalue weighted by Crippen LogP contribution is -2.34. The Labute approximate surface area is 138 Å². The molecule has 22 heavy (non-hydrogen) atoms. The Balaban J connectivity index is 1.72. The maximum Gasteiger partial charge on any atom is 0.138 e. The van der Waals surface area contributed by atoms with Crippen molar-refractivity contribution in [3.05, 3.63) is 61.3 Å². The number of hydrogen-bond acceptors (Lipinski definition) is 5. The Hall–Kier alpha value is -1.43. The molecule has 3 aromatic heterocycles. The topological polar surface area (TPSA) is 29.3 Å². The molecule has 0 amide bonds. The van der Waals surface area contributed by atoms with Gasteiger partial charge in [-0.05, 0) is 48.7 Å². The molecule has 1 unspecified atom stereocenters. The molecule has 1 atom stereocenters. The number of aromatic nitrogens is 1. The summed E-state index contributed by atoms with van der Waals surface area (Å²) in [5.74, 6) is 0.943. The summed E-state index contributed by atoms with van der Waals surface area (Å²) >= 11 is 3.73. The van der Waals surface area contributed by atoms with Crippen LogP contribution in [0.15, 0.2) is 33.5 Å². The fourth-order valence-corrected chi connectivity index (χ4v) is 5.03. The molecule has 0 aliphatic carbocycles. The van der Waals surface area contributed by atoms with Crippen molar-refractivity contribution in [2.24, 2.45) is 0 Å². The van der Waals surface area contributed by atoms with E-state index in [1.807, 2.05) is 36.5 Å².